The Kier molecular flexibility index (Phi) is 18.1. The van der Waals surface area contributed by atoms with E-state index in [1.807, 2.05) is 60.2 Å². The van der Waals surface area contributed by atoms with Crippen LogP contribution in [0.3, 0.4) is 0 Å². The van der Waals surface area contributed by atoms with E-state index in [0.29, 0.717) is 11.0 Å². The molecule has 0 aromatic carbocycles. The van der Waals surface area contributed by atoms with Gasteiger partial charge >= 0.3 is 0 Å². The zero-order valence-corrected chi connectivity index (χ0v) is 19.2. The van der Waals surface area contributed by atoms with Gasteiger partial charge in [-0.05, 0) is 32.8 Å². The first-order valence-electron chi connectivity index (χ1n) is 9.23. The molecule has 6 heteroatoms. The maximum atomic E-state index is 5.62. The molecule has 0 aliphatic carbocycles. The van der Waals surface area contributed by atoms with E-state index in [0.717, 1.165) is 12.0 Å². The second kappa shape index (κ2) is 16.0. The van der Waals surface area contributed by atoms with Gasteiger partial charge in [0.15, 0.2) is 5.15 Å². The van der Waals surface area contributed by atoms with Crippen LogP contribution in [0, 0.1) is 20.8 Å². The summed E-state index contributed by atoms with van der Waals surface area (Å²) in [5, 5.41) is 8.69. The molecule has 2 aromatic rings. The van der Waals surface area contributed by atoms with Crippen LogP contribution in [0.5, 0.6) is 0 Å². The Morgan fingerprint density at radius 3 is 1.40 bits per heavy atom. The monoisotopic (exact) mass is 373 g/mol. The van der Waals surface area contributed by atoms with Crippen molar-refractivity contribution in [3.05, 3.63) is 27.7 Å². The zero-order chi connectivity index (χ0) is 20.7. The van der Waals surface area contributed by atoms with E-state index in [9.17, 15) is 0 Å². The summed E-state index contributed by atoms with van der Waals surface area (Å²) in [6, 6.07) is 0. The molecular weight excluding hydrogens is 334 g/mol. The predicted molar refractivity (Wildman–Crippen MR) is 113 cm³/mol. The van der Waals surface area contributed by atoms with Crippen molar-refractivity contribution in [2.24, 2.45) is 14.1 Å². The maximum absolute atomic E-state index is 5.62. The molecule has 0 fully saturated rings. The summed E-state index contributed by atoms with van der Waals surface area (Å²) in [5.74, 6) is 0.625. The van der Waals surface area contributed by atoms with Crippen molar-refractivity contribution < 1.29 is 0 Å². The van der Waals surface area contributed by atoms with E-state index in [-0.39, 0.29) is 0 Å². The molecule has 0 aliphatic rings. The molecule has 0 atom stereocenters. The number of halogens is 1. The van der Waals surface area contributed by atoms with Crippen LogP contribution in [0.4, 0.5) is 5.82 Å². The Hall–Kier alpha value is -1.49. The van der Waals surface area contributed by atoms with Gasteiger partial charge in [0.05, 0.1) is 5.69 Å². The molecule has 2 rings (SSSR count). The molecule has 0 radical (unpaired) electrons. The van der Waals surface area contributed by atoms with Crippen LogP contribution < -0.4 is 5.73 Å². The second-order valence-electron chi connectivity index (χ2n) is 4.56. The fourth-order valence-corrected chi connectivity index (χ4v) is 1.94. The number of anilines is 1. The molecular formula is C19H40ClN5. The number of aromatic nitrogens is 4. The molecule has 0 amide bonds. The fraction of sp³-hybridized carbons (Fsp3) is 0.684. The summed E-state index contributed by atoms with van der Waals surface area (Å²) in [7, 11) is 3.75. The lowest BCUT2D eigenvalue weighted by Gasteiger charge is -1.91. The molecule has 5 nitrogen and oxygen atoms in total. The number of hydrogen-bond acceptors (Lipinski definition) is 3. The summed E-state index contributed by atoms with van der Waals surface area (Å²) in [4.78, 5) is 0. The molecule has 0 saturated carbocycles. The van der Waals surface area contributed by atoms with Gasteiger partial charge in [-0.25, -0.2) is 0 Å². The normalized spacial score (nSPS) is 8.52. The second-order valence-corrected chi connectivity index (χ2v) is 4.92. The highest BCUT2D eigenvalue weighted by molar-refractivity contribution is 6.30. The minimum Gasteiger partial charge on any atom is -0.384 e. The third-order valence-electron chi connectivity index (χ3n) is 3.35. The Morgan fingerprint density at radius 1 is 0.840 bits per heavy atom. The standard InChI is InChI=1S/C8H14N2.C5H8ClN3.3C2H6/c1-5-8-6(2)7(3)10(4)9-8;1-3-4(6)8-9(2)5(3)7;3*1-2/h5H2,1-4H3;7H2,1-2H3;3*1-2H3. The first kappa shape index (κ1) is 28.3. The number of nitrogens with zero attached hydrogens (tertiary/aromatic N) is 4. The number of hydrogen-bond donors (Lipinski definition) is 1. The molecule has 2 aromatic heterocycles. The van der Waals surface area contributed by atoms with Crippen LogP contribution >= 0.6 is 11.6 Å². The largest absolute Gasteiger partial charge is 0.384 e. The first-order valence-corrected chi connectivity index (χ1v) is 9.61. The Labute approximate surface area is 160 Å². The summed E-state index contributed by atoms with van der Waals surface area (Å²) in [5.41, 5.74) is 10.2. The molecule has 2 heterocycles. The lowest BCUT2D eigenvalue weighted by atomic mass is 10.2. The predicted octanol–water partition coefficient (Wildman–Crippen LogP) is 5.64. The highest BCUT2D eigenvalue weighted by atomic mass is 35.5. The van der Waals surface area contributed by atoms with Gasteiger partial charge in [0.25, 0.3) is 0 Å². The van der Waals surface area contributed by atoms with Gasteiger partial charge < -0.3 is 5.73 Å². The zero-order valence-electron chi connectivity index (χ0n) is 18.5. The lowest BCUT2D eigenvalue weighted by molar-refractivity contribution is 0.723. The van der Waals surface area contributed by atoms with E-state index < -0.39 is 0 Å². The molecule has 0 bridgehead atoms. The van der Waals surface area contributed by atoms with E-state index >= 15 is 0 Å². The average Bonchev–Trinajstić information content (AvgIpc) is 3.04. The molecule has 2 N–H and O–H groups in total. The number of aryl methyl sites for hydroxylation is 3. The minimum absolute atomic E-state index is 0.481. The third kappa shape index (κ3) is 8.96. The SMILES string of the molecule is CC.CC.CC.CCc1nn(C)c(C)c1C.Cc1c(Cl)nn(C)c1N. The summed E-state index contributed by atoms with van der Waals surface area (Å²) in [6.07, 6.45) is 1.04. The smallest absolute Gasteiger partial charge is 0.156 e. The van der Waals surface area contributed by atoms with Gasteiger partial charge in [-0.15, -0.1) is 0 Å². The van der Waals surface area contributed by atoms with Crippen LogP contribution in [-0.2, 0) is 20.5 Å². The quantitative estimate of drug-likeness (QED) is 0.703. The third-order valence-corrected chi connectivity index (χ3v) is 3.71. The van der Waals surface area contributed by atoms with E-state index in [4.69, 9.17) is 17.3 Å². The van der Waals surface area contributed by atoms with Gasteiger partial charge in [-0.3, -0.25) is 9.36 Å². The maximum Gasteiger partial charge on any atom is 0.156 e. The van der Waals surface area contributed by atoms with E-state index in [2.05, 4.69) is 31.0 Å². The van der Waals surface area contributed by atoms with E-state index in [1.54, 1.807) is 11.7 Å². The number of nitrogens with two attached hydrogens (primary N) is 1. The van der Waals surface area contributed by atoms with Crippen LogP contribution in [0.2, 0.25) is 5.15 Å². The molecule has 0 saturated heterocycles. The topological polar surface area (TPSA) is 61.7 Å². The van der Waals surface area contributed by atoms with Crippen molar-refractivity contribution in [1.29, 1.82) is 0 Å². The first-order chi connectivity index (χ1) is 11.8. The van der Waals surface area contributed by atoms with E-state index in [1.165, 1.54) is 17.0 Å². The van der Waals surface area contributed by atoms with Gasteiger partial charge in [-0.1, -0.05) is 60.1 Å². The number of nitrogen functional groups attached to an aromatic ring is 1. The Bertz CT molecular complexity index is 548. The Balaban J connectivity index is -0.000000299. The van der Waals surface area contributed by atoms with Crippen LogP contribution in [0.25, 0.3) is 0 Å². The molecule has 0 spiro atoms. The molecule has 148 valence electrons. The van der Waals surface area contributed by atoms with Crippen molar-refractivity contribution in [3.8, 4) is 0 Å². The van der Waals surface area contributed by atoms with Crippen molar-refractivity contribution >= 4 is 17.4 Å². The fourth-order valence-electron chi connectivity index (χ4n) is 1.73. The van der Waals surface area contributed by atoms with Crippen LogP contribution in [0.15, 0.2) is 0 Å². The van der Waals surface area contributed by atoms with Gasteiger partial charge in [0, 0.05) is 25.4 Å². The average molecular weight is 374 g/mol. The van der Waals surface area contributed by atoms with Gasteiger partial charge in [-0.2, -0.15) is 10.2 Å². The summed E-state index contributed by atoms with van der Waals surface area (Å²) < 4.78 is 3.49. The molecule has 0 aliphatic heterocycles. The van der Waals surface area contributed by atoms with Gasteiger partial charge in [0.2, 0.25) is 0 Å². The van der Waals surface area contributed by atoms with Crippen molar-refractivity contribution in [3.63, 3.8) is 0 Å². The lowest BCUT2D eigenvalue weighted by Crippen LogP contribution is -1.97. The van der Waals surface area contributed by atoms with Gasteiger partial charge in [0.1, 0.15) is 5.82 Å². The molecule has 25 heavy (non-hydrogen) atoms. The molecule has 0 unspecified atom stereocenters. The summed E-state index contributed by atoms with van der Waals surface area (Å²) in [6.45, 7) is 20.2. The van der Waals surface area contributed by atoms with Crippen LogP contribution in [-0.4, -0.2) is 19.6 Å². The highest BCUT2D eigenvalue weighted by Crippen LogP contribution is 2.17. The highest BCUT2D eigenvalue weighted by Gasteiger charge is 2.05. The van der Waals surface area contributed by atoms with Crippen molar-refractivity contribution in [2.45, 2.75) is 75.7 Å². The Morgan fingerprint density at radius 2 is 1.28 bits per heavy atom. The minimum atomic E-state index is 0.481. The number of rotatable bonds is 1. The summed E-state index contributed by atoms with van der Waals surface area (Å²) >= 11 is 5.62. The van der Waals surface area contributed by atoms with Crippen LogP contribution in [0.1, 0.15) is 71.0 Å². The van der Waals surface area contributed by atoms with Crippen molar-refractivity contribution in [2.75, 3.05) is 5.73 Å². The van der Waals surface area contributed by atoms with Crippen molar-refractivity contribution in [1.82, 2.24) is 19.6 Å².